The summed E-state index contributed by atoms with van der Waals surface area (Å²) < 4.78 is 12.4. The zero-order valence-electron chi connectivity index (χ0n) is 18.4. The van der Waals surface area contributed by atoms with Crippen LogP contribution in [-0.4, -0.2) is 69.0 Å². The van der Waals surface area contributed by atoms with Gasteiger partial charge in [-0.1, -0.05) is 17.8 Å². The molecule has 1 aromatic carbocycles. The van der Waals surface area contributed by atoms with Gasteiger partial charge in [-0.15, -0.1) is 0 Å². The van der Waals surface area contributed by atoms with Gasteiger partial charge < -0.3 is 14.4 Å². The second-order valence-corrected chi connectivity index (χ2v) is 8.89. The lowest BCUT2D eigenvalue weighted by Crippen LogP contribution is -2.48. The number of amides is 1. The molecule has 0 atom stereocenters. The molecule has 1 amide bonds. The Morgan fingerprint density at radius 3 is 2.76 bits per heavy atom. The standard InChI is InChI=1S/C23H25N5O4S/c1-2-28-22(30)17-4-3-7-24-21(17)25-23(28)33-14-20(29)27-10-8-26(9-11-27)13-16-5-6-18-19(12-16)32-15-31-18/h3-7,12H,2,8-11,13-15H2,1H3. The van der Waals surface area contributed by atoms with E-state index in [9.17, 15) is 9.59 Å². The first-order valence-corrected chi connectivity index (χ1v) is 12.0. The van der Waals surface area contributed by atoms with Gasteiger partial charge >= 0.3 is 0 Å². The molecule has 0 N–H and O–H groups in total. The molecule has 2 aliphatic rings. The third kappa shape index (κ3) is 4.53. The molecule has 1 saturated heterocycles. The van der Waals surface area contributed by atoms with E-state index >= 15 is 0 Å². The quantitative estimate of drug-likeness (QED) is 0.402. The van der Waals surface area contributed by atoms with Crippen LogP contribution in [0.5, 0.6) is 11.5 Å². The number of carbonyl (C=O) groups is 1. The summed E-state index contributed by atoms with van der Waals surface area (Å²) >= 11 is 1.30. The summed E-state index contributed by atoms with van der Waals surface area (Å²) in [5, 5.41) is 1.03. The van der Waals surface area contributed by atoms with Gasteiger partial charge in [-0.3, -0.25) is 19.1 Å². The summed E-state index contributed by atoms with van der Waals surface area (Å²) in [7, 11) is 0. The fourth-order valence-electron chi connectivity index (χ4n) is 4.10. The van der Waals surface area contributed by atoms with E-state index in [2.05, 4.69) is 20.9 Å². The van der Waals surface area contributed by atoms with Crippen molar-refractivity contribution in [3.63, 3.8) is 0 Å². The Kier molecular flexibility index (Phi) is 6.19. The molecular formula is C23H25N5O4S. The summed E-state index contributed by atoms with van der Waals surface area (Å²) in [6.45, 7) is 6.45. The topological polar surface area (TPSA) is 89.8 Å². The molecule has 5 rings (SSSR count). The molecule has 33 heavy (non-hydrogen) atoms. The van der Waals surface area contributed by atoms with Crippen molar-refractivity contribution in [2.75, 3.05) is 38.7 Å². The first-order chi connectivity index (χ1) is 16.1. The number of hydrogen-bond donors (Lipinski definition) is 0. The van der Waals surface area contributed by atoms with Crippen LogP contribution < -0.4 is 15.0 Å². The van der Waals surface area contributed by atoms with Gasteiger partial charge in [0.15, 0.2) is 22.3 Å². The number of nitrogens with zero attached hydrogens (tertiary/aromatic N) is 5. The van der Waals surface area contributed by atoms with E-state index in [1.165, 1.54) is 17.3 Å². The molecule has 4 heterocycles. The molecule has 0 bridgehead atoms. The van der Waals surface area contributed by atoms with Crippen LogP contribution in [0.3, 0.4) is 0 Å². The summed E-state index contributed by atoms with van der Waals surface area (Å²) in [6, 6.07) is 9.48. The Morgan fingerprint density at radius 2 is 1.94 bits per heavy atom. The van der Waals surface area contributed by atoms with Gasteiger partial charge in [0.05, 0.1) is 11.1 Å². The number of ether oxygens (including phenoxy) is 2. The van der Waals surface area contributed by atoms with Gasteiger partial charge in [-0.05, 0) is 36.8 Å². The Balaban J connectivity index is 1.17. The first kappa shape index (κ1) is 21.7. The minimum atomic E-state index is -0.123. The lowest BCUT2D eigenvalue weighted by Gasteiger charge is -2.34. The van der Waals surface area contributed by atoms with Crippen LogP contribution >= 0.6 is 11.8 Å². The highest BCUT2D eigenvalue weighted by atomic mass is 32.2. The second kappa shape index (κ2) is 9.40. The molecule has 2 aliphatic heterocycles. The van der Waals surface area contributed by atoms with Gasteiger partial charge in [0, 0.05) is 45.5 Å². The highest BCUT2D eigenvalue weighted by Crippen LogP contribution is 2.32. The fourth-order valence-corrected chi connectivity index (χ4v) is 5.05. The number of pyridine rings is 1. The zero-order valence-corrected chi connectivity index (χ0v) is 19.2. The van der Waals surface area contributed by atoms with Crippen LogP contribution in [0.1, 0.15) is 12.5 Å². The number of carbonyl (C=O) groups excluding carboxylic acids is 1. The predicted octanol–water partition coefficient (Wildman–Crippen LogP) is 1.98. The molecule has 0 saturated carbocycles. The third-order valence-corrected chi connectivity index (χ3v) is 6.86. The van der Waals surface area contributed by atoms with Crippen LogP contribution in [-0.2, 0) is 17.9 Å². The van der Waals surface area contributed by atoms with Crippen molar-refractivity contribution >= 4 is 28.7 Å². The summed E-state index contributed by atoms with van der Waals surface area (Å²) in [4.78, 5) is 38.5. The number of piperazine rings is 1. The monoisotopic (exact) mass is 467 g/mol. The average Bonchev–Trinajstić information content (AvgIpc) is 3.31. The van der Waals surface area contributed by atoms with E-state index in [1.54, 1.807) is 22.9 Å². The van der Waals surface area contributed by atoms with Crippen LogP contribution in [0.2, 0.25) is 0 Å². The van der Waals surface area contributed by atoms with Crippen LogP contribution in [0, 0.1) is 0 Å². The average molecular weight is 468 g/mol. The van der Waals surface area contributed by atoms with E-state index < -0.39 is 0 Å². The maximum absolute atomic E-state index is 12.8. The fraction of sp³-hybridized carbons (Fsp3) is 0.391. The molecule has 0 spiro atoms. The minimum absolute atomic E-state index is 0.0562. The Labute approximate surface area is 195 Å². The first-order valence-electron chi connectivity index (χ1n) is 11.0. The van der Waals surface area contributed by atoms with Gasteiger partial charge in [0.2, 0.25) is 12.7 Å². The van der Waals surface area contributed by atoms with E-state index in [0.29, 0.717) is 35.8 Å². The largest absolute Gasteiger partial charge is 0.454 e. The Bertz CT molecular complexity index is 1240. The van der Waals surface area contributed by atoms with E-state index in [0.717, 1.165) is 31.1 Å². The maximum atomic E-state index is 12.8. The summed E-state index contributed by atoms with van der Waals surface area (Å²) in [6.07, 6.45) is 1.62. The highest BCUT2D eigenvalue weighted by molar-refractivity contribution is 7.99. The molecule has 1 fully saturated rings. The Hall–Kier alpha value is -3.11. The smallest absolute Gasteiger partial charge is 0.263 e. The molecule has 2 aromatic heterocycles. The summed E-state index contributed by atoms with van der Waals surface area (Å²) in [5.41, 5.74) is 1.46. The summed E-state index contributed by atoms with van der Waals surface area (Å²) in [5.74, 6) is 1.88. The van der Waals surface area contributed by atoms with Crippen molar-refractivity contribution in [1.29, 1.82) is 0 Å². The van der Waals surface area contributed by atoms with Crippen LogP contribution in [0.15, 0.2) is 46.5 Å². The van der Waals surface area contributed by atoms with E-state index in [1.807, 2.05) is 24.0 Å². The second-order valence-electron chi connectivity index (χ2n) is 7.95. The Morgan fingerprint density at radius 1 is 1.12 bits per heavy atom. The third-order valence-electron chi connectivity index (χ3n) is 5.90. The predicted molar refractivity (Wildman–Crippen MR) is 125 cm³/mol. The molecule has 0 radical (unpaired) electrons. The van der Waals surface area contributed by atoms with Gasteiger partial charge in [-0.25, -0.2) is 9.97 Å². The number of fused-ring (bicyclic) bond motifs is 2. The normalized spacial score (nSPS) is 15.8. The molecule has 10 heteroatoms. The number of aromatic nitrogens is 3. The SMILES string of the molecule is CCn1c(SCC(=O)N2CCN(Cc3ccc4c(c3)OCO4)CC2)nc2ncccc2c1=O. The van der Waals surface area contributed by atoms with Crippen molar-refractivity contribution in [1.82, 2.24) is 24.3 Å². The molecule has 3 aromatic rings. The zero-order chi connectivity index (χ0) is 22.8. The van der Waals surface area contributed by atoms with Crippen molar-refractivity contribution in [2.45, 2.75) is 25.2 Å². The maximum Gasteiger partial charge on any atom is 0.263 e. The van der Waals surface area contributed by atoms with Gasteiger partial charge in [0.25, 0.3) is 5.56 Å². The number of hydrogen-bond acceptors (Lipinski definition) is 8. The number of rotatable bonds is 6. The molecule has 9 nitrogen and oxygen atoms in total. The molecular weight excluding hydrogens is 442 g/mol. The molecule has 172 valence electrons. The molecule has 0 unspecified atom stereocenters. The number of thioether (sulfide) groups is 1. The van der Waals surface area contributed by atoms with Gasteiger partial charge in [-0.2, -0.15) is 0 Å². The van der Waals surface area contributed by atoms with Crippen LogP contribution in [0.25, 0.3) is 11.0 Å². The van der Waals surface area contributed by atoms with E-state index in [4.69, 9.17) is 9.47 Å². The van der Waals surface area contributed by atoms with E-state index in [-0.39, 0.29) is 24.0 Å². The van der Waals surface area contributed by atoms with Gasteiger partial charge in [0.1, 0.15) is 0 Å². The number of benzene rings is 1. The van der Waals surface area contributed by atoms with Crippen molar-refractivity contribution < 1.29 is 14.3 Å². The van der Waals surface area contributed by atoms with Crippen molar-refractivity contribution in [2.24, 2.45) is 0 Å². The van der Waals surface area contributed by atoms with Crippen molar-refractivity contribution in [3.05, 3.63) is 52.4 Å². The highest BCUT2D eigenvalue weighted by Gasteiger charge is 2.23. The molecule has 0 aliphatic carbocycles. The lowest BCUT2D eigenvalue weighted by atomic mass is 10.1. The van der Waals surface area contributed by atoms with Crippen LogP contribution in [0.4, 0.5) is 0 Å². The lowest BCUT2D eigenvalue weighted by molar-refractivity contribution is -0.130. The minimum Gasteiger partial charge on any atom is -0.454 e. The van der Waals surface area contributed by atoms with Crippen molar-refractivity contribution in [3.8, 4) is 11.5 Å².